The van der Waals surface area contributed by atoms with Crippen LogP contribution in [0.15, 0.2) is 64.8 Å². The largest absolute Gasteiger partial charge is 0.339 e. The standard InChI is InChI=1S/C21H18N4O4S/c1-13-18(20(27)23-15-6-8-16(9-7-15)25(28)29)19(24-10-11-30-21(24)22-13)17-5-3-2-4-14(17)12-26/h2-9,12,19H,10-11H2,1H3,(H,23,27). The van der Waals surface area contributed by atoms with Gasteiger partial charge in [0.15, 0.2) is 5.17 Å². The number of hydrogen-bond acceptors (Lipinski definition) is 7. The van der Waals surface area contributed by atoms with Crippen LogP contribution in [-0.2, 0) is 4.79 Å². The highest BCUT2D eigenvalue weighted by atomic mass is 32.2. The van der Waals surface area contributed by atoms with Gasteiger partial charge in [-0.2, -0.15) is 0 Å². The number of nitrogens with zero attached hydrogens (tertiary/aromatic N) is 3. The Morgan fingerprint density at radius 2 is 2.00 bits per heavy atom. The van der Waals surface area contributed by atoms with Crippen molar-refractivity contribution in [3.63, 3.8) is 0 Å². The smallest absolute Gasteiger partial charge is 0.269 e. The molecule has 1 N–H and O–H groups in total. The highest BCUT2D eigenvalue weighted by Gasteiger charge is 2.39. The summed E-state index contributed by atoms with van der Waals surface area (Å²) in [6.45, 7) is 2.49. The second-order valence-corrected chi connectivity index (χ2v) is 7.90. The van der Waals surface area contributed by atoms with E-state index in [4.69, 9.17) is 0 Å². The van der Waals surface area contributed by atoms with E-state index in [9.17, 15) is 19.7 Å². The van der Waals surface area contributed by atoms with Crippen molar-refractivity contribution in [3.8, 4) is 0 Å². The van der Waals surface area contributed by atoms with Gasteiger partial charge in [0.05, 0.1) is 22.2 Å². The van der Waals surface area contributed by atoms with E-state index in [0.717, 1.165) is 22.8 Å². The first-order chi connectivity index (χ1) is 14.5. The monoisotopic (exact) mass is 422 g/mol. The number of aliphatic imine (C=N–C) groups is 1. The number of aldehydes is 1. The lowest BCUT2D eigenvalue weighted by atomic mass is 9.91. The van der Waals surface area contributed by atoms with Crippen LogP contribution in [0.1, 0.15) is 28.9 Å². The number of anilines is 1. The molecule has 30 heavy (non-hydrogen) atoms. The number of thioether (sulfide) groups is 1. The number of amidine groups is 1. The van der Waals surface area contributed by atoms with Crippen molar-refractivity contribution in [2.45, 2.75) is 13.0 Å². The molecule has 0 radical (unpaired) electrons. The molecule has 0 aliphatic carbocycles. The van der Waals surface area contributed by atoms with E-state index in [2.05, 4.69) is 10.3 Å². The predicted molar refractivity (Wildman–Crippen MR) is 116 cm³/mol. The molecule has 2 aromatic carbocycles. The lowest BCUT2D eigenvalue weighted by Gasteiger charge is -2.35. The van der Waals surface area contributed by atoms with Crippen LogP contribution in [0, 0.1) is 10.1 Å². The maximum Gasteiger partial charge on any atom is 0.269 e. The van der Waals surface area contributed by atoms with Gasteiger partial charge in [0.2, 0.25) is 0 Å². The molecule has 1 saturated heterocycles. The quantitative estimate of drug-likeness (QED) is 0.447. The number of rotatable bonds is 5. The minimum Gasteiger partial charge on any atom is -0.339 e. The van der Waals surface area contributed by atoms with Gasteiger partial charge in [-0.25, -0.2) is 4.99 Å². The van der Waals surface area contributed by atoms with Crippen LogP contribution >= 0.6 is 11.8 Å². The Morgan fingerprint density at radius 1 is 1.27 bits per heavy atom. The Bertz CT molecular complexity index is 1090. The Morgan fingerprint density at radius 3 is 2.70 bits per heavy atom. The van der Waals surface area contributed by atoms with Crippen molar-refractivity contribution in [1.82, 2.24) is 4.90 Å². The molecule has 152 valence electrons. The summed E-state index contributed by atoms with van der Waals surface area (Å²) in [7, 11) is 0. The van der Waals surface area contributed by atoms with E-state index in [1.54, 1.807) is 30.8 Å². The third-order valence-electron chi connectivity index (χ3n) is 5.05. The van der Waals surface area contributed by atoms with Gasteiger partial charge in [0.25, 0.3) is 11.6 Å². The molecule has 0 saturated carbocycles. The van der Waals surface area contributed by atoms with Gasteiger partial charge in [-0.3, -0.25) is 19.7 Å². The molecule has 0 bridgehead atoms. The number of nitro benzene ring substituents is 1. The highest BCUT2D eigenvalue weighted by molar-refractivity contribution is 8.14. The molecule has 0 spiro atoms. The third-order valence-corrected chi connectivity index (χ3v) is 6.02. The van der Waals surface area contributed by atoms with Crippen LogP contribution in [0.3, 0.4) is 0 Å². The topological polar surface area (TPSA) is 105 Å². The number of fused-ring (bicyclic) bond motifs is 1. The zero-order valence-corrected chi connectivity index (χ0v) is 16.9. The van der Waals surface area contributed by atoms with Gasteiger partial charge < -0.3 is 10.2 Å². The summed E-state index contributed by atoms with van der Waals surface area (Å²) in [4.78, 5) is 42.0. The predicted octanol–water partition coefficient (Wildman–Crippen LogP) is 3.78. The number of nitrogens with one attached hydrogen (secondary N) is 1. The Labute approximate surface area is 176 Å². The molecular formula is C21H18N4O4S. The van der Waals surface area contributed by atoms with Gasteiger partial charge in [-0.05, 0) is 24.6 Å². The van der Waals surface area contributed by atoms with E-state index >= 15 is 0 Å². The summed E-state index contributed by atoms with van der Waals surface area (Å²) in [5, 5.41) is 14.5. The molecule has 2 heterocycles. The van der Waals surface area contributed by atoms with Gasteiger partial charge >= 0.3 is 0 Å². The molecule has 4 rings (SSSR count). The molecule has 1 fully saturated rings. The number of amides is 1. The minimum atomic E-state index is -0.493. The average Bonchev–Trinajstić information content (AvgIpc) is 3.21. The first-order valence-electron chi connectivity index (χ1n) is 9.28. The lowest BCUT2D eigenvalue weighted by molar-refractivity contribution is -0.384. The number of nitro groups is 1. The fraction of sp³-hybridized carbons (Fsp3) is 0.190. The molecule has 1 amide bonds. The maximum atomic E-state index is 13.3. The Balaban J connectivity index is 1.73. The maximum absolute atomic E-state index is 13.3. The normalized spacial score (nSPS) is 18.0. The van der Waals surface area contributed by atoms with Crippen LogP contribution in [0.2, 0.25) is 0 Å². The van der Waals surface area contributed by atoms with Gasteiger partial charge in [0, 0.05) is 35.7 Å². The Kier molecular flexibility index (Phi) is 5.37. The number of allylic oxidation sites excluding steroid dienone is 1. The van der Waals surface area contributed by atoms with Crippen LogP contribution in [-0.4, -0.2) is 39.5 Å². The molecule has 9 heteroatoms. The molecule has 2 aliphatic rings. The van der Waals surface area contributed by atoms with Gasteiger partial charge in [0.1, 0.15) is 6.29 Å². The average molecular weight is 422 g/mol. The lowest BCUT2D eigenvalue weighted by Crippen LogP contribution is -2.38. The van der Waals surface area contributed by atoms with Crippen LogP contribution in [0.4, 0.5) is 11.4 Å². The summed E-state index contributed by atoms with van der Waals surface area (Å²) in [6.07, 6.45) is 0.797. The van der Waals surface area contributed by atoms with Crippen molar-refractivity contribution >= 4 is 40.5 Å². The van der Waals surface area contributed by atoms with E-state index in [1.165, 1.54) is 24.3 Å². The third kappa shape index (κ3) is 3.59. The van der Waals surface area contributed by atoms with E-state index in [0.29, 0.717) is 29.1 Å². The molecule has 1 atom stereocenters. The molecule has 2 aromatic rings. The second kappa shape index (κ2) is 8.11. The van der Waals surface area contributed by atoms with Crippen molar-refractivity contribution in [3.05, 3.63) is 81.0 Å². The summed E-state index contributed by atoms with van der Waals surface area (Å²) in [5.41, 5.74) is 2.69. The van der Waals surface area contributed by atoms with Crippen LogP contribution in [0.5, 0.6) is 0 Å². The second-order valence-electron chi connectivity index (χ2n) is 6.84. The van der Waals surface area contributed by atoms with Crippen molar-refractivity contribution in [1.29, 1.82) is 0 Å². The zero-order chi connectivity index (χ0) is 21.3. The van der Waals surface area contributed by atoms with E-state index in [-0.39, 0.29) is 11.6 Å². The SMILES string of the molecule is CC1=C(C(=O)Nc2ccc([N+](=O)[O-])cc2)C(c2ccccc2C=O)N2CCSC2=N1. The van der Waals surface area contributed by atoms with E-state index < -0.39 is 11.0 Å². The zero-order valence-electron chi connectivity index (χ0n) is 16.1. The molecule has 0 aromatic heterocycles. The molecular weight excluding hydrogens is 404 g/mol. The molecule has 2 aliphatic heterocycles. The van der Waals surface area contributed by atoms with Crippen molar-refractivity contribution < 1.29 is 14.5 Å². The van der Waals surface area contributed by atoms with Gasteiger partial charge in [-0.15, -0.1) is 0 Å². The van der Waals surface area contributed by atoms with Crippen LogP contribution < -0.4 is 5.32 Å². The number of benzene rings is 2. The van der Waals surface area contributed by atoms with E-state index in [1.807, 2.05) is 17.0 Å². The first kappa shape index (κ1) is 19.8. The highest BCUT2D eigenvalue weighted by Crippen LogP contribution is 2.41. The summed E-state index contributed by atoms with van der Waals surface area (Å²) < 4.78 is 0. The molecule has 8 nitrogen and oxygen atoms in total. The number of carbonyl (C=O) groups excluding carboxylic acids is 2. The summed E-state index contributed by atoms with van der Waals surface area (Å²) >= 11 is 1.62. The van der Waals surface area contributed by atoms with Crippen LogP contribution in [0.25, 0.3) is 0 Å². The number of non-ortho nitro benzene ring substituents is 1. The fourth-order valence-electron chi connectivity index (χ4n) is 3.65. The first-order valence-corrected chi connectivity index (χ1v) is 10.3. The summed E-state index contributed by atoms with van der Waals surface area (Å²) in [5.74, 6) is 0.495. The summed E-state index contributed by atoms with van der Waals surface area (Å²) in [6, 6.07) is 12.4. The number of carbonyl (C=O) groups is 2. The minimum absolute atomic E-state index is 0.0535. The van der Waals surface area contributed by atoms with Crippen molar-refractivity contribution in [2.24, 2.45) is 4.99 Å². The molecule has 1 unspecified atom stereocenters. The van der Waals surface area contributed by atoms with Crippen molar-refractivity contribution in [2.75, 3.05) is 17.6 Å². The van der Waals surface area contributed by atoms with Gasteiger partial charge in [-0.1, -0.05) is 36.0 Å². The number of hydrogen-bond donors (Lipinski definition) is 1. The Hall–Kier alpha value is -3.46. The fourth-order valence-corrected chi connectivity index (χ4v) is 4.69.